The van der Waals surface area contributed by atoms with Gasteiger partial charge in [0, 0.05) is 23.1 Å². The van der Waals surface area contributed by atoms with Crippen LogP contribution in [-0.2, 0) is 12.7 Å². The van der Waals surface area contributed by atoms with E-state index in [2.05, 4.69) is 31.8 Å². The maximum Gasteiger partial charge on any atom is 0.416 e. The maximum absolute atomic E-state index is 13.0. The molecule has 29 heavy (non-hydrogen) atoms. The lowest BCUT2D eigenvalue weighted by Gasteiger charge is -2.11. The summed E-state index contributed by atoms with van der Waals surface area (Å²) < 4.78 is 40.1. The Morgan fingerprint density at radius 1 is 1.17 bits per heavy atom. The van der Waals surface area contributed by atoms with Gasteiger partial charge in [0.1, 0.15) is 5.69 Å². The number of nitrogens with one attached hydrogen (secondary N) is 1. The van der Waals surface area contributed by atoms with Crippen LogP contribution >= 0.6 is 0 Å². The molecule has 1 aromatic heterocycles. The van der Waals surface area contributed by atoms with Crippen molar-refractivity contribution < 1.29 is 18.0 Å². The number of fused-ring (bicyclic) bond motifs is 1. The van der Waals surface area contributed by atoms with Gasteiger partial charge in [0.05, 0.1) is 5.56 Å². The van der Waals surface area contributed by atoms with Crippen LogP contribution in [0, 0.1) is 6.92 Å². The second-order valence-corrected chi connectivity index (χ2v) is 7.33. The van der Waals surface area contributed by atoms with Gasteiger partial charge in [-0.3, -0.25) is 4.79 Å². The molecule has 0 radical (unpaired) electrons. The van der Waals surface area contributed by atoms with E-state index in [0.717, 1.165) is 28.6 Å². The first-order valence-electron chi connectivity index (χ1n) is 9.35. The lowest BCUT2D eigenvalue weighted by atomic mass is 10.0. The zero-order valence-electron chi connectivity index (χ0n) is 16.6. The third kappa shape index (κ3) is 4.06. The summed E-state index contributed by atoms with van der Waals surface area (Å²) in [6.07, 6.45) is -2.70. The van der Waals surface area contributed by atoms with Crippen molar-refractivity contribution in [1.29, 1.82) is 0 Å². The molecule has 0 saturated heterocycles. The van der Waals surface area contributed by atoms with Gasteiger partial charge < -0.3 is 9.88 Å². The van der Waals surface area contributed by atoms with E-state index in [1.807, 2.05) is 23.6 Å². The number of amides is 1. The fraction of sp³-hybridized carbons (Fsp3) is 0.261. The summed E-state index contributed by atoms with van der Waals surface area (Å²) in [5.74, 6) is -0.0163. The summed E-state index contributed by atoms with van der Waals surface area (Å²) in [5.41, 5.74) is 2.94. The van der Waals surface area contributed by atoms with E-state index >= 15 is 0 Å². The summed E-state index contributed by atoms with van der Waals surface area (Å²) in [4.78, 5) is 13.0. The smallest absolute Gasteiger partial charge is 0.332 e. The van der Waals surface area contributed by atoms with Gasteiger partial charge in [0.25, 0.3) is 5.91 Å². The number of nitrogens with zero attached hydrogens (tertiary/aromatic N) is 1. The van der Waals surface area contributed by atoms with Crippen LogP contribution in [0.25, 0.3) is 10.9 Å². The Morgan fingerprint density at radius 2 is 1.83 bits per heavy atom. The number of rotatable bonds is 5. The number of aryl methyl sites for hydroxylation is 1. The molecule has 0 unspecified atom stereocenters. The molecule has 0 atom stereocenters. The van der Waals surface area contributed by atoms with Gasteiger partial charge in [-0.25, -0.2) is 0 Å². The average Bonchev–Trinajstić information content (AvgIpc) is 2.93. The van der Waals surface area contributed by atoms with Crippen LogP contribution in [0.2, 0.25) is 0 Å². The van der Waals surface area contributed by atoms with Crippen molar-refractivity contribution in [3.8, 4) is 0 Å². The van der Waals surface area contributed by atoms with Gasteiger partial charge in [0.2, 0.25) is 0 Å². The van der Waals surface area contributed by atoms with Crippen molar-refractivity contribution in [3.63, 3.8) is 0 Å². The lowest BCUT2D eigenvalue weighted by Crippen LogP contribution is -2.18. The highest BCUT2D eigenvalue weighted by Gasteiger charge is 2.30. The minimum atomic E-state index is -4.41. The van der Waals surface area contributed by atoms with Gasteiger partial charge in [0.15, 0.2) is 0 Å². The van der Waals surface area contributed by atoms with Crippen LogP contribution in [-0.4, -0.2) is 10.5 Å². The average molecular weight is 400 g/mol. The van der Waals surface area contributed by atoms with Crippen molar-refractivity contribution in [2.45, 2.75) is 39.4 Å². The summed E-state index contributed by atoms with van der Waals surface area (Å²) >= 11 is 0. The Bertz CT molecular complexity index is 1060. The molecule has 3 aromatic rings. The predicted molar refractivity (Wildman–Crippen MR) is 110 cm³/mol. The van der Waals surface area contributed by atoms with E-state index in [9.17, 15) is 18.0 Å². The van der Waals surface area contributed by atoms with Gasteiger partial charge in [-0.1, -0.05) is 26.0 Å². The zero-order chi connectivity index (χ0) is 21.3. The topological polar surface area (TPSA) is 34.0 Å². The first-order valence-corrected chi connectivity index (χ1v) is 9.35. The van der Waals surface area contributed by atoms with Crippen LogP contribution in [0.1, 0.15) is 46.9 Å². The molecule has 0 spiro atoms. The number of benzene rings is 2. The number of halogens is 3. The second-order valence-electron chi connectivity index (χ2n) is 7.33. The van der Waals surface area contributed by atoms with Crippen LogP contribution in [0.15, 0.2) is 55.1 Å². The molecule has 1 N–H and O–H groups in total. The standard InChI is InChI=1S/C23H23F3N2O/c1-5-12-28-20-11-6-16(14(2)3)13-19(20)15(4)21(28)22(29)27-18-9-7-17(8-10-18)23(24,25)26/h5-11,13-14H,1,12H2,2-4H3,(H,27,29). The largest absolute Gasteiger partial charge is 0.416 e. The SMILES string of the molecule is C=CCn1c(C(=O)Nc2ccc(C(F)(F)F)cc2)c(C)c2cc(C(C)C)ccc21. The van der Waals surface area contributed by atoms with Crippen molar-refractivity contribution >= 4 is 22.5 Å². The Labute approximate surface area is 167 Å². The number of hydrogen-bond donors (Lipinski definition) is 1. The van der Waals surface area contributed by atoms with E-state index in [4.69, 9.17) is 0 Å². The molecule has 0 saturated carbocycles. The van der Waals surface area contributed by atoms with Crippen LogP contribution in [0.5, 0.6) is 0 Å². The van der Waals surface area contributed by atoms with Gasteiger partial charge in [-0.15, -0.1) is 6.58 Å². The summed E-state index contributed by atoms with van der Waals surface area (Å²) in [7, 11) is 0. The Kier molecular flexibility index (Phi) is 5.55. The molecule has 1 heterocycles. The Balaban J connectivity index is 2.01. The molecule has 2 aromatic carbocycles. The number of carbonyl (C=O) groups excluding carboxylic acids is 1. The normalized spacial score (nSPS) is 11.8. The van der Waals surface area contributed by atoms with E-state index in [1.165, 1.54) is 17.7 Å². The first kappa shape index (κ1) is 20.7. The highest BCUT2D eigenvalue weighted by Crippen LogP contribution is 2.31. The molecule has 0 aliphatic carbocycles. The molecule has 0 aliphatic heterocycles. The summed E-state index contributed by atoms with van der Waals surface area (Å²) in [5, 5.41) is 3.70. The molecule has 3 rings (SSSR count). The monoisotopic (exact) mass is 400 g/mol. The number of alkyl halides is 3. The molecular weight excluding hydrogens is 377 g/mol. The highest BCUT2D eigenvalue weighted by atomic mass is 19.4. The van der Waals surface area contributed by atoms with E-state index in [0.29, 0.717) is 23.8 Å². The molecule has 3 nitrogen and oxygen atoms in total. The zero-order valence-corrected chi connectivity index (χ0v) is 16.6. The minimum absolute atomic E-state index is 0.306. The predicted octanol–water partition coefficient (Wildman–Crippen LogP) is 6.53. The van der Waals surface area contributed by atoms with Crippen LogP contribution < -0.4 is 5.32 Å². The van der Waals surface area contributed by atoms with Gasteiger partial charge in [-0.05, 0) is 60.4 Å². The Hall–Kier alpha value is -3.02. The molecule has 0 bridgehead atoms. The second kappa shape index (κ2) is 7.78. The minimum Gasteiger partial charge on any atom is -0.332 e. The van der Waals surface area contributed by atoms with Crippen molar-refractivity contribution in [2.75, 3.05) is 5.32 Å². The van der Waals surface area contributed by atoms with Crippen molar-refractivity contribution in [1.82, 2.24) is 4.57 Å². The van der Waals surface area contributed by atoms with E-state index in [-0.39, 0.29) is 5.91 Å². The van der Waals surface area contributed by atoms with Crippen molar-refractivity contribution in [2.24, 2.45) is 0 Å². The van der Waals surface area contributed by atoms with Crippen molar-refractivity contribution in [3.05, 3.63) is 77.5 Å². The van der Waals surface area contributed by atoms with Gasteiger partial charge >= 0.3 is 6.18 Å². The van der Waals surface area contributed by atoms with Crippen LogP contribution in [0.4, 0.5) is 18.9 Å². The quantitative estimate of drug-likeness (QED) is 0.486. The Morgan fingerprint density at radius 3 is 2.38 bits per heavy atom. The third-order valence-electron chi connectivity index (χ3n) is 5.00. The van der Waals surface area contributed by atoms with E-state index < -0.39 is 11.7 Å². The number of allylic oxidation sites excluding steroid dienone is 1. The highest BCUT2D eigenvalue weighted by molar-refractivity contribution is 6.08. The molecule has 6 heteroatoms. The fourth-order valence-electron chi connectivity index (χ4n) is 3.44. The van der Waals surface area contributed by atoms with Crippen LogP contribution in [0.3, 0.4) is 0 Å². The lowest BCUT2D eigenvalue weighted by molar-refractivity contribution is -0.137. The number of anilines is 1. The third-order valence-corrected chi connectivity index (χ3v) is 5.00. The van der Waals surface area contributed by atoms with E-state index in [1.54, 1.807) is 6.08 Å². The molecule has 0 fully saturated rings. The summed E-state index contributed by atoms with van der Waals surface area (Å²) in [6, 6.07) is 10.6. The molecule has 0 aliphatic rings. The fourth-order valence-corrected chi connectivity index (χ4v) is 3.44. The number of aromatic nitrogens is 1. The maximum atomic E-state index is 13.0. The molecular formula is C23H23F3N2O. The first-order chi connectivity index (χ1) is 13.6. The number of hydrogen-bond acceptors (Lipinski definition) is 1. The number of carbonyl (C=O) groups is 1. The summed E-state index contributed by atoms with van der Waals surface area (Å²) in [6.45, 7) is 10.3. The molecule has 152 valence electrons. The van der Waals surface area contributed by atoms with Gasteiger partial charge in [-0.2, -0.15) is 13.2 Å². The molecule has 1 amide bonds.